The van der Waals surface area contributed by atoms with E-state index in [2.05, 4.69) is 15.1 Å². The maximum absolute atomic E-state index is 12.7. The van der Waals surface area contributed by atoms with Gasteiger partial charge in [-0.1, -0.05) is 29.5 Å². The van der Waals surface area contributed by atoms with E-state index in [0.717, 1.165) is 23.8 Å². The van der Waals surface area contributed by atoms with Crippen molar-refractivity contribution in [1.82, 2.24) is 15.1 Å². The molecule has 2 aliphatic heterocycles. The van der Waals surface area contributed by atoms with Gasteiger partial charge in [-0.3, -0.25) is 9.59 Å². The van der Waals surface area contributed by atoms with Crippen molar-refractivity contribution in [2.24, 2.45) is 0 Å². The van der Waals surface area contributed by atoms with Crippen LogP contribution in [-0.4, -0.2) is 58.6 Å². The zero-order chi connectivity index (χ0) is 17.4. The first-order chi connectivity index (χ1) is 12.1. The molecule has 4 rings (SSSR count). The maximum Gasteiger partial charge on any atom is 0.246 e. The average molecular weight is 357 g/mol. The lowest BCUT2D eigenvalue weighted by molar-refractivity contribution is -0.142. The van der Waals surface area contributed by atoms with Crippen LogP contribution in [0.3, 0.4) is 0 Å². The summed E-state index contributed by atoms with van der Waals surface area (Å²) >= 11 is 1.49. The Labute approximate surface area is 149 Å². The molecule has 2 fully saturated rings. The summed E-state index contributed by atoms with van der Waals surface area (Å²) in [4.78, 5) is 30.6. The van der Waals surface area contributed by atoms with Crippen molar-refractivity contribution < 1.29 is 9.59 Å². The van der Waals surface area contributed by atoms with E-state index in [9.17, 15) is 9.59 Å². The SMILES string of the molecule is CC(=O)N1CC(=O)N(c2ccccc2)CC12CCN(c1nncs1)C2. The Morgan fingerprint density at radius 3 is 2.72 bits per heavy atom. The van der Waals surface area contributed by atoms with Crippen molar-refractivity contribution in [3.63, 3.8) is 0 Å². The standard InChI is InChI=1S/C17H19N5O2S/c1-13(23)22-9-15(24)21(14-5-3-2-4-6-14)11-17(22)7-8-20(10-17)16-19-18-12-25-16/h2-6,12H,7-11H2,1H3. The summed E-state index contributed by atoms with van der Waals surface area (Å²) in [6, 6.07) is 9.66. The van der Waals surface area contributed by atoms with Crippen molar-refractivity contribution in [1.29, 1.82) is 0 Å². The molecule has 0 saturated carbocycles. The van der Waals surface area contributed by atoms with E-state index in [0.29, 0.717) is 13.1 Å². The molecule has 7 nitrogen and oxygen atoms in total. The van der Waals surface area contributed by atoms with Crippen LogP contribution in [-0.2, 0) is 9.59 Å². The van der Waals surface area contributed by atoms with Crippen LogP contribution in [0, 0.1) is 0 Å². The molecule has 1 spiro atoms. The van der Waals surface area contributed by atoms with Crippen molar-refractivity contribution in [3.05, 3.63) is 35.8 Å². The van der Waals surface area contributed by atoms with Gasteiger partial charge in [-0.2, -0.15) is 0 Å². The molecular weight excluding hydrogens is 338 g/mol. The molecular formula is C17H19N5O2S. The van der Waals surface area contributed by atoms with Gasteiger partial charge in [0.25, 0.3) is 0 Å². The van der Waals surface area contributed by atoms with E-state index in [4.69, 9.17) is 0 Å². The number of aromatic nitrogens is 2. The number of hydrogen-bond acceptors (Lipinski definition) is 6. The topological polar surface area (TPSA) is 69.6 Å². The number of carbonyl (C=O) groups is 2. The summed E-state index contributed by atoms with van der Waals surface area (Å²) in [5.74, 6) is -0.0958. The summed E-state index contributed by atoms with van der Waals surface area (Å²) < 4.78 is 0. The summed E-state index contributed by atoms with van der Waals surface area (Å²) in [7, 11) is 0. The van der Waals surface area contributed by atoms with Crippen LogP contribution in [0.1, 0.15) is 13.3 Å². The minimum absolute atomic E-state index is 0.0404. The second kappa shape index (κ2) is 6.11. The number of benzene rings is 1. The van der Waals surface area contributed by atoms with Crippen molar-refractivity contribution >= 4 is 34.0 Å². The molecule has 0 bridgehead atoms. The van der Waals surface area contributed by atoms with Crippen molar-refractivity contribution in [2.75, 3.05) is 36.0 Å². The first-order valence-electron chi connectivity index (χ1n) is 8.24. The van der Waals surface area contributed by atoms with Crippen molar-refractivity contribution in [3.8, 4) is 0 Å². The zero-order valence-electron chi connectivity index (χ0n) is 14.0. The van der Waals surface area contributed by atoms with Crippen LogP contribution in [0.2, 0.25) is 0 Å². The molecule has 130 valence electrons. The molecule has 2 aromatic rings. The third-order valence-corrected chi connectivity index (χ3v) is 5.77. The zero-order valence-corrected chi connectivity index (χ0v) is 14.8. The molecule has 1 aromatic carbocycles. The highest BCUT2D eigenvalue weighted by atomic mass is 32.1. The van der Waals surface area contributed by atoms with E-state index >= 15 is 0 Å². The molecule has 1 aromatic heterocycles. The monoisotopic (exact) mass is 357 g/mol. The van der Waals surface area contributed by atoms with Gasteiger partial charge in [0.2, 0.25) is 16.9 Å². The van der Waals surface area contributed by atoms with Gasteiger partial charge in [0.05, 0.1) is 12.1 Å². The van der Waals surface area contributed by atoms with Crippen LogP contribution < -0.4 is 9.80 Å². The fourth-order valence-corrected chi connectivity index (χ4v) is 4.41. The fraction of sp³-hybridized carbons (Fsp3) is 0.412. The van der Waals surface area contributed by atoms with Gasteiger partial charge in [-0.05, 0) is 18.6 Å². The highest BCUT2D eigenvalue weighted by Crippen LogP contribution is 2.36. The highest BCUT2D eigenvalue weighted by molar-refractivity contribution is 7.13. The maximum atomic E-state index is 12.7. The predicted octanol–water partition coefficient (Wildman–Crippen LogP) is 1.38. The van der Waals surface area contributed by atoms with E-state index in [1.807, 2.05) is 35.2 Å². The number of para-hydroxylation sites is 1. The third-order valence-electron chi connectivity index (χ3n) is 5.02. The van der Waals surface area contributed by atoms with Gasteiger partial charge in [0.1, 0.15) is 12.1 Å². The van der Waals surface area contributed by atoms with Crippen LogP contribution >= 0.6 is 11.3 Å². The Balaban J connectivity index is 1.66. The van der Waals surface area contributed by atoms with Crippen molar-refractivity contribution in [2.45, 2.75) is 18.9 Å². The Kier molecular flexibility index (Phi) is 3.91. The number of anilines is 2. The summed E-state index contributed by atoms with van der Waals surface area (Å²) in [5.41, 5.74) is 2.20. The van der Waals surface area contributed by atoms with Crippen LogP contribution in [0.4, 0.5) is 10.8 Å². The van der Waals surface area contributed by atoms with Gasteiger partial charge in [0.15, 0.2) is 0 Å². The molecule has 2 saturated heterocycles. The Hall–Kier alpha value is -2.48. The largest absolute Gasteiger partial charge is 0.344 e. The first kappa shape index (κ1) is 16.0. The summed E-state index contributed by atoms with van der Waals surface area (Å²) in [6.45, 7) is 3.63. The Morgan fingerprint density at radius 1 is 1.24 bits per heavy atom. The summed E-state index contributed by atoms with van der Waals surface area (Å²) in [5, 5.41) is 8.92. The lowest BCUT2D eigenvalue weighted by Crippen LogP contribution is -2.66. The number of nitrogens with zero attached hydrogens (tertiary/aromatic N) is 5. The van der Waals surface area contributed by atoms with Gasteiger partial charge in [-0.15, -0.1) is 10.2 Å². The lowest BCUT2D eigenvalue weighted by Gasteiger charge is -2.48. The quantitative estimate of drug-likeness (QED) is 0.812. The Morgan fingerprint density at radius 2 is 2.04 bits per heavy atom. The molecule has 8 heteroatoms. The molecule has 0 radical (unpaired) electrons. The second-order valence-corrected chi connectivity index (χ2v) is 7.35. The van der Waals surface area contributed by atoms with E-state index in [-0.39, 0.29) is 23.9 Å². The molecule has 2 aliphatic rings. The molecule has 25 heavy (non-hydrogen) atoms. The lowest BCUT2D eigenvalue weighted by atomic mass is 9.91. The van der Waals surface area contributed by atoms with Gasteiger partial charge in [0, 0.05) is 25.7 Å². The molecule has 0 N–H and O–H groups in total. The number of piperazine rings is 1. The van der Waals surface area contributed by atoms with Crippen LogP contribution in [0.15, 0.2) is 35.8 Å². The van der Waals surface area contributed by atoms with E-state index in [1.165, 1.54) is 11.3 Å². The fourth-order valence-electron chi connectivity index (χ4n) is 3.82. The van der Waals surface area contributed by atoms with E-state index < -0.39 is 0 Å². The summed E-state index contributed by atoms with van der Waals surface area (Å²) in [6.07, 6.45) is 0.808. The third kappa shape index (κ3) is 2.76. The number of amides is 2. The number of rotatable bonds is 2. The molecule has 2 amide bonds. The van der Waals surface area contributed by atoms with Gasteiger partial charge < -0.3 is 14.7 Å². The first-order valence-corrected chi connectivity index (χ1v) is 9.12. The van der Waals surface area contributed by atoms with Gasteiger partial charge in [-0.25, -0.2) is 0 Å². The Bertz CT molecular complexity index is 782. The molecule has 0 aliphatic carbocycles. The van der Waals surface area contributed by atoms with Crippen LogP contribution in [0.25, 0.3) is 0 Å². The number of carbonyl (C=O) groups excluding carboxylic acids is 2. The highest BCUT2D eigenvalue weighted by Gasteiger charge is 2.50. The van der Waals surface area contributed by atoms with Gasteiger partial charge >= 0.3 is 0 Å². The van der Waals surface area contributed by atoms with Crippen LogP contribution in [0.5, 0.6) is 0 Å². The normalized spacial score (nSPS) is 23.6. The molecule has 1 unspecified atom stereocenters. The number of hydrogen-bond donors (Lipinski definition) is 0. The molecule has 3 heterocycles. The average Bonchev–Trinajstić information content (AvgIpc) is 3.28. The minimum Gasteiger partial charge on any atom is -0.344 e. The molecule has 1 atom stereocenters. The predicted molar refractivity (Wildman–Crippen MR) is 95.7 cm³/mol. The van der Waals surface area contributed by atoms with E-state index in [1.54, 1.807) is 17.3 Å². The second-order valence-electron chi connectivity index (χ2n) is 6.54. The smallest absolute Gasteiger partial charge is 0.246 e. The minimum atomic E-state index is -0.388.